The average Bonchev–Trinajstić information content (AvgIpc) is 2.81. The number of anilines is 1. The lowest BCUT2D eigenvalue weighted by atomic mass is 10.0. The second-order valence-electron chi connectivity index (χ2n) is 7.31. The van der Waals surface area contributed by atoms with E-state index in [1.165, 1.54) is 0 Å². The lowest BCUT2D eigenvalue weighted by Gasteiger charge is -2.24. The van der Waals surface area contributed by atoms with Crippen molar-refractivity contribution in [3.05, 3.63) is 107 Å². The van der Waals surface area contributed by atoms with Gasteiger partial charge in [-0.15, -0.1) is 0 Å². The number of nitrogens with one attached hydrogen (secondary N) is 1. The summed E-state index contributed by atoms with van der Waals surface area (Å²) < 4.78 is 0. The molecule has 4 nitrogen and oxygen atoms in total. The van der Waals surface area contributed by atoms with Crippen molar-refractivity contribution in [2.75, 3.05) is 11.9 Å². The molecule has 5 heteroatoms. The van der Waals surface area contributed by atoms with Crippen LogP contribution < -0.4 is 5.32 Å². The zero-order chi connectivity index (χ0) is 21.6. The highest BCUT2D eigenvalue weighted by Gasteiger charge is 2.20. The van der Waals surface area contributed by atoms with Gasteiger partial charge in [0.25, 0.3) is 0 Å². The van der Waals surface area contributed by atoms with Crippen molar-refractivity contribution in [3.8, 4) is 0 Å². The van der Waals surface area contributed by atoms with Crippen molar-refractivity contribution < 1.29 is 10.2 Å². The van der Waals surface area contributed by atoms with E-state index in [1.807, 2.05) is 97.1 Å². The normalized spacial score (nSPS) is 13.4. The highest BCUT2D eigenvalue weighted by molar-refractivity contribution is 6.31. The van der Waals surface area contributed by atoms with E-state index >= 15 is 0 Å². The van der Waals surface area contributed by atoms with Gasteiger partial charge in [0.2, 0.25) is 0 Å². The molecule has 3 N–H and O–H groups in total. The second-order valence-corrected chi connectivity index (χ2v) is 7.75. The van der Waals surface area contributed by atoms with Gasteiger partial charge in [-0.25, -0.2) is 4.98 Å². The number of rotatable bonds is 7. The van der Waals surface area contributed by atoms with Crippen LogP contribution in [0.3, 0.4) is 0 Å². The van der Waals surface area contributed by atoms with Crippen molar-refractivity contribution in [1.82, 2.24) is 4.98 Å². The number of aliphatic hydroxyl groups excluding tert-OH is 2. The minimum absolute atomic E-state index is 0.330. The summed E-state index contributed by atoms with van der Waals surface area (Å²) >= 11 is 6.08. The first-order valence-electron chi connectivity index (χ1n) is 10.1. The number of nitrogens with zero attached hydrogens (tertiary/aromatic N) is 1. The third-order valence-corrected chi connectivity index (χ3v) is 5.30. The minimum Gasteiger partial charge on any atom is -0.394 e. The molecule has 2 unspecified atom stereocenters. The molecule has 0 radical (unpaired) electrons. The minimum atomic E-state index is -0.921. The molecule has 0 spiro atoms. The van der Waals surface area contributed by atoms with E-state index in [0.29, 0.717) is 5.02 Å². The Hall–Kier alpha value is -3.18. The number of halogens is 1. The van der Waals surface area contributed by atoms with Crippen LogP contribution in [0.5, 0.6) is 0 Å². The van der Waals surface area contributed by atoms with Gasteiger partial charge >= 0.3 is 0 Å². The quantitative estimate of drug-likeness (QED) is 0.359. The Morgan fingerprint density at radius 2 is 1.71 bits per heavy atom. The standard InChI is InChI=1S/C26H23ClN2O2/c27-21-12-10-19-11-14-22(28-24(19)16-21)13-9-18-5-4-8-23(15-18)29-26(25(31)17-30)20-6-2-1-3-7-20/h1-16,25-26,29-31H,17H2/b13-9+. The summed E-state index contributed by atoms with van der Waals surface area (Å²) in [6, 6.07) is 26.7. The van der Waals surface area contributed by atoms with Gasteiger partial charge in [-0.1, -0.05) is 72.3 Å². The molecular formula is C26H23ClN2O2. The van der Waals surface area contributed by atoms with Crippen LogP contribution in [0.2, 0.25) is 5.02 Å². The molecule has 31 heavy (non-hydrogen) atoms. The van der Waals surface area contributed by atoms with Crippen LogP contribution in [0.1, 0.15) is 22.9 Å². The van der Waals surface area contributed by atoms with Gasteiger partial charge in [0, 0.05) is 16.1 Å². The number of fused-ring (bicyclic) bond motifs is 1. The maximum atomic E-state index is 10.3. The summed E-state index contributed by atoms with van der Waals surface area (Å²) in [4.78, 5) is 4.65. The zero-order valence-corrected chi connectivity index (χ0v) is 17.6. The van der Waals surface area contributed by atoms with E-state index in [9.17, 15) is 10.2 Å². The summed E-state index contributed by atoms with van der Waals surface area (Å²) in [5.41, 5.74) is 4.44. The van der Waals surface area contributed by atoms with E-state index in [2.05, 4.69) is 10.3 Å². The third-order valence-electron chi connectivity index (χ3n) is 5.06. The zero-order valence-electron chi connectivity index (χ0n) is 16.8. The van der Waals surface area contributed by atoms with Gasteiger partial charge < -0.3 is 15.5 Å². The van der Waals surface area contributed by atoms with Crippen LogP contribution in [-0.4, -0.2) is 27.9 Å². The van der Waals surface area contributed by atoms with E-state index in [1.54, 1.807) is 0 Å². The molecule has 156 valence electrons. The molecule has 0 bridgehead atoms. The van der Waals surface area contributed by atoms with Gasteiger partial charge in [0.1, 0.15) is 6.10 Å². The lowest BCUT2D eigenvalue weighted by Crippen LogP contribution is -2.28. The predicted molar refractivity (Wildman–Crippen MR) is 128 cm³/mol. The van der Waals surface area contributed by atoms with Crippen LogP contribution >= 0.6 is 11.6 Å². The Kier molecular flexibility index (Phi) is 6.63. The smallest absolute Gasteiger partial charge is 0.101 e. The molecule has 0 saturated heterocycles. The highest BCUT2D eigenvalue weighted by Crippen LogP contribution is 2.24. The van der Waals surface area contributed by atoms with Crippen LogP contribution in [-0.2, 0) is 0 Å². The fraction of sp³-hybridized carbons (Fsp3) is 0.115. The molecule has 0 fully saturated rings. The maximum Gasteiger partial charge on any atom is 0.101 e. The first kappa shape index (κ1) is 21.1. The number of hydrogen-bond donors (Lipinski definition) is 3. The molecule has 0 aliphatic rings. The van der Waals surface area contributed by atoms with Crippen LogP contribution in [0.15, 0.2) is 84.9 Å². The lowest BCUT2D eigenvalue weighted by molar-refractivity contribution is 0.0795. The third kappa shape index (κ3) is 5.30. The molecule has 0 aliphatic heterocycles. The van der Waals surface area contributed by atoms with Crippen LogP contribution in [0, 0.1) is 0 Å². The van der Waals surface area contributed by atoms with E-state index in [4.69, 9.17) is 11.6 Å². The Labute approximate surface area is 186 Å². The molecule has 0 amide bonds. The summed E-state index contributed by atoms with van der Waals surface area (Å²) in [6.07, 6.45) is 3.02. The van der Waals surface area contributed by atoms with Crippen molar-refractivity contribution in [3.63, 3.8) is 0 Å². The molecule has 2 atom stereocenters. The molecule has 4 aromatic rings. The molecule has 0 saturated carbocycles. The van der Waals surface area contributed by atoms with Gasteiger partial charge in [0.15, 0.2) is 0 Å². The molecule has 3 aromatic carbocycles. The first-order chi connectivity index (χ1) is 15.1. The first-order valence-corrected chi connectivity index (χ1v) is 10.4. The second kappa shape index (κ2) is 9.75. The highest BCUT2D eigenvalue weighted by atomic mass is 35.5. The Morgan fingerprint density at radius 1 is 0.903 bits per heavy atom. The van der Waals surface area contributed by atoms with Crippen LogP contribution in [0.25, 0.3) is 23.1 Å². The van der Waals surface area contributed by atoms with Gasteiger partial charge in [-0.2, -0.15) is 0 Å². The monoisotopic (exact) mass is 430 g/mol. The van der Waals surface area contributed by atoms with E-state index < -0.39 is 12.1 Å². The summed E-state index contributed by atoms with van der Waals surface area (Å²) in [7, 11) is 0. The van der Waals surface area contributed by atoms with Gasteiger partial charge in [-0.05, 0) is 47.5 Å². The van der Waals surface area contributed by atoms with E-state index in [-0.39, 0.29) is 6.61 Å². The maximum absolute atomic E-state index is 10.3. The summed E-state index contributed by atoms with van der Waals surface area (Å²) in [5.74, 6) is 0. The van der Waals surface area contributed by atoms with Gasteiger partial charge in [-0.3, -0.25) is 0 Å². The molecule has 1 aromatic heterocycles. The number of benzene rings is 3. The molecular weight excluding hydrogens is 408 g/mol. The number of pyridine rings is 1. The molecule has 4 rings (SSSR count). The van der Waals surface area contributed by atoms with Crippen molar-refractivity contribution >= 4 is 40.3 Å². The number of aliphatic hydroxyl groups is 2. The Balaban J connectivity index is 1.55. The Bertz CT molecular complexity index is 1190. The SMILES string of the molecule is OCC(O)C(Nc1cccc(/C=C/c2ccc3ccc(Cl)cc3n2)c1)c1ccccc1. The number of hydrogen-bond acceptors (Lipinski definition) is 4. The van der Waals surface area contributed by atoms with Crippen molar-refractivity contribution in [2.24, 2.45) is 0 Å². The number of aromatic nitrogens is 1. The molecule has 1 heterocycles. The van der Waals surface area contributed by atoms with Crippen molar-refractivity contribution in [1.29, 1.82) is 0 Å². The molecule has 0 aliphatic carbocycles. The van der Waals surface area contributed by atoms with E-state index in [0.717, 1.165) is 33.4 Å². The fourth-order valence-corrected chi connectivity index (χ4v) is 3.63. The van der Waals surface area contributed by atoms with Gasteiger partial charge in [0.05, 0.1) is 23.9 Å². The summed E-state index contributed by atoms with van der Waals surface area (Å²) in [5, 5.41) is 24.9. The largest absolute Gasteiger partial charge is 0.394 e. The van der Waals surface area contributed by atoms with Crippen molar-refractivity contribution in [2.45, 2.75) is 12.1 Å². The Morgan fingerprint density at radius 3 is 2.52 bits per heavy atom. The topological polar surface area (TPSA) is 65.4 Å². The predicted octanol–water partition coefficient (Wildman–Crippen LogP) is 5.57. The van der Waals surface area contributed by atoms with Crippen LogP contribution in [0.4, 0.5) is 5.69 Å². The summed E-state index contributed by atoms with van der Waals surface area (Å²) in [6.45, 7) is -0.330. The fourth-order valence-electron chi connectivity index (χ4n) is 3.46. The average molecular weight is 431 g/mol.